The minimum absolute atomic E-state index is 0.0791. The van der Waals surface area contributed by atoms with E-state index < -0.39 is 11.5 Å². The van der Waals surface area contributed by atoms with Crippen LogP contribution in [0.15, 0.2) is 0 Å². The molecule has 0 aromatic heterocycles. The van der Waals surface area contributed by atoms with Crippen LogP contribution in [0.1, 0.15) is 58.8 Å². The summed E-state index contributed by atoms with van der Waals surface area (Å²) >= 11 is 0. The molecule has 0 radical (unpaired) electrons. The molecule has 1 atom stereocenters. The van der Waals surface area contributed by atoms with E-state index in [0.717, 1.165) is 51.6 Å². The van der Waals surface area contributed by atoms with Crippen LogP contribution in [-0.2, 0) is 9.59 Å². The minimum Gasteiger partial charge on any atom is -0.480 e. The predicted molar refractivity (Wildman–Crippen MR) is 81.0 cm³/mol. The molecule has 5 heteroatoms. The number of nitrogens with one attached hydrogen (secondary N) is 1. The monoisotopic (exact) mass is 296 g/mol. The lowest BCUT2D eigenvalue weighted by atomic mass is 9.72. The van der Waals surface area contributed by atoms with Crippen LogP contribution in [0.2, 0.25) is 0 Å². The molecule has 0 aromatic rings. The summed E-state index contributed by atoms with van der Waals surface area (Å²) in [5.41, 5.74) is -1.38. The molecule has 2 saturated heterocycles. The van der Waals surface area contributed by atoms with Gasteiger partial charge in [-0.15, -0.1) is 0 Å². The van der Waals surface area contributed by atoms with Gasteiger partial charge in [-0.2, -0.15) is 0 Å². The average Bonchev–Trinajstić information content (AvgIpc) is 2.48. The summed E-state index contributed by atoms with van der Waals surface area (Å²) < 4.78 is 0. The Morgan fingerprint density at radius 2 is 1.86 bits per heavy atom. The number of piperidine rings is 2. The first-order chi connectivity index (χ1) is 9.96. The molecule has 0 spiro atoms. The van der Waals surface area contributed by atoms with E-state index in [4.69, 9.17) is 0 Å². The van der Waals surface area contributed by atoms with Crippen molar-refractivity contribution < 1.29 is 14.7 Å². The van der Waals surface area contributed by atoms with E-state index >= 15 is 0 Å². The largest absolute Gasteiger partial charge is 0.480 e. The first-order valence-corrected chi connectivity index (χ1v) is 8.22. The van der Waals surface area contributed by atoms with Crippen LogP contribution >= 0.6 is 0 Å². The molecule has 0 aliphatic carbocycles. The molecule has 0 aromatic carbocycles. The Labute approximate surface area is 127 Å². The standard InChI is InChI=1S/C16H28N2O3/c1-3-6-16(8-10-17-11-9-16)13(19)18-12-5-4-7-15(18,2)14(20)21/h17H,3-12H2,1-2H3,(H,20,21). The molecule has 1 unspecified atom stereocenters. The fourth-order valence-corrected chi connectivity index (χ4v) is 3.91. The first kappa shape index (κ1) is 16.3. The topological polar surface area (TPSA) is 69.6 Å². The van der Waals surface area contributed by atoms with Gasteiger partial charge in [-0.3, -0.25) is 4.79 Å². The molecule has 2 aliphatic heterocycles. The summed E-state index contributed by atoms with van der Waals surface area (Å²) in [7, 11) is 0. The predicted octanol–water partition coefficient (Wildman–Crippen LogP) is 2.01. The van der Waals surface area contributed by atoms with Crippen molar-refractivity contribution in [3.05, 3.63) is 0 Å². The number of likely N-dealkylation sites (tertiary alicyclic amines) is 1. The zero-order valence-electron chi connectivity index (χ0n) is 13.3. The first-order valence-electron chi connectivity index (χ1n) is 8.22. The van der Waals surface area contributed by atoms with Crippen molar-refractivity contribution in [1.29, 1.82) is 0 Å². The van der Waals surface area contributed by atoms with Crippen molar-refractivity contribution in [1.82, 2.24) is 10.2 Å². The Balaban J connectivity index is 2.28. The van der Waals surface area contributed by atoms with Crippen LogP contribution in [0, 0.1) is 5.41 Å². The van der Waals surface area contributed by atoms with Gasteiger partial charge in [0.15, 0.2) is 0 Å². The lowest BCUT2D eigenvalue weighted by Crippen LogP contribution is -2.62. The number of carboxylic acids is 1. The van der Waals surface area contributed by atoms with Gasteiger partial charge in [0.2, 0.25) is 5.91 Å². The zero-order valence-corrected chi connectivity index (χ0v) is 13.3. The normalized spacial score (nSPS) is 29.1. The van der Waals surface area contributed by atoms with Crippen molar-refractivity contribution in [2.24, 2.45) is 5.41 Å². The molecule has 2 N–H and O–H groups in total. The van der Waals surface area contributed by atoms with Crippen LogP contribution in [0.25, 0.3) is 0 Å². The molecular formula is C16H28N2O3. The van der Waals surface area contributed by atoms with E-state index in [1.807, 2.05) is 0 Å². The summed E-state index contributed by atoms with van der Waals surface area (Å²) in [5.74, 6) is -0.786. The van der Waals surface area contributed by atoms with Gasteiger partial charge in [0.1, 0.15) is 5.54 Å². The Morgan fingerprint density at radius 1 is 1.19 bits per heavy atom. The van der Waals surface area contributed by atoms with Gasteiger partial charge in [0.05, 0.1) is 5.41 Å². The van der Waals surface area contributed by atoms with Crippen molar-refractivity contribution in [2.75, 3.05) is 19.6 Å². The molecule has 0 bridgehead atoms. The minimum atomic E-state index is -1.03. The number of carbonyl (C=O) groups excluding carboxylic acids is 1. The van der Waals surface area contributed by atoms with E-state index in [0.29, 0.717) is 13.0 Å². The Kier molecular flexibility index (Phi) is 4.91. The second kappa shape index (κ2) is 6.34. The molecule has 21 heavy (non-hydrogen) atoms. The molecule has 0 saturated carbocycles. The summed E-state index contributed by atoms with van der Waals surface area (Å²) in [4.78, 5) is 26.6. The number of carboxylic acid groups (broad SMARTS) is 1. The molecule has 2 rings (SSSR count). The van der Waals surface area contributed by atoms with Gasteiger partial charge in [-0.1, -0.05) is 13.3 Å². The fourth-order valence-electron chi connectivity index (χ4n) is 3.91. The van der Waals surface area contributed by atoms with Crippen molar-refractivity contribution in [2.45, 2.75) is 64.3 Å². The smallest absolute Gasteiger partial charge is 0.329 e. The fraction of sp³-hybridized carbons (Fsp3) is 0.875. The van der Waals surface area contributed by atoms with E-state index in [1.54, 1.807) is 11.8 Å². The Bertz CT molecular complexity index is 399. The zero-order chi connectivity index (χ0) is 15.5. The van der Waals surface area contributed by atoms with E-state index in [1.165, 1.54) is 0 Å². The molecule has 1 amide bonds. The molecule has 2 heterocycles. The van der Waals surface area contributed by atoms with Crippen LogP contribution in [0.5, 0.6) is 0 Å². The lowest BCUT2D eigenvalue weighted by Gasteiger charge is -2.47. The SMILES string of the molecule is CCCC1(C(=O)N2CCCCC2(C)C(=O)O)CCNCC1. The highest BCUT2D eigenvalue weighted by Gasteiger charge is 2.50. The molecule has 5 nitrogen and oxygen atoms in total. The van der Waals surface area contributed by atoms with Crippen LogP contribution in [-0.4, -0.2) is 47.1 Å². The van der Waals surface area contributed by atoms with E-state index in [9.17, 15) is 14.7 Å². The number of rotatable bonds is 4. The van der Waals surface area contributed by atoms with E-state index in [-0.39, 0.29) is 11.3 Å². The third kappa shape index (κ3) is 2.93. The maximum Gasteiger partial charge on any atom is 0.329 e. The quantitative estimate of drug-likeness (QED) is 0.832. The summed E-state index contributed by atoms with van der Waals surface area (Å²) in [6.45, 7) is 6.10. The third-order valence-corrected chi connectivity index (χ3v) is 5.34. The van der Waals surface area contributed by atoms with Crippen molar-refractivity contribution >= 4 is 11.9 Å². The third-order valence-electron chi connectivity index (χ3n) is 5.34. The highest BCUT2D eigenvalue weighted by atomic mass is 16.4. The molecule has 2 aliphatic rings. The number of hydrogen-bond acceptors (Lipinski definition) is 3. The van der Waals surface area contributed by atoms with Crippen LogP contribution in [0.4, 0.5) is 0 Å². The lowest BCUT2D eigenvalue weighted by molar-refractivity contribution is -0.167. The van der Waals surface area contributed by atoms with Gasteiger partial charge in [0.25, 0.3) is 0 Å². The number of carbonyl (C=O) groups is 2. The van der Waals surface area contributed by atoms with Gasteiger partial charge in [-0.05, 0) is 58.5 Å². The second-order valence-corrected chi connectivity index (χ2v) is 6.77. The molecule has 2 fully saturated rings. The average molecular weight is 296 g/mol. The van der Waals surface area contributed by atoms with Gasteiger partial charge >= 0.3 is 5.97 Å². The number of hydrogen-bond donors (Lipinski definition) is 2. The van der Waals surface area contributed by atoms with Crippen LogP contribution in [0.3, 0.4) is 0 Å². The summed E-state index contributed by atoms with van der Waals surface area (Å²) in [6.07, 6.45) is 5.83. The second-order valence-electron chi connectivity index (χ2n) is 6.77. The Morgan fingerprint density at radius 3 is 2.43 bits per heavy atom. The molecular weight excluding hydrogens is 268 g/mol. The van der Waals surface area contributed by atoms with Gasteiger partial charge < -0.3 is 15.3 Å². The Hall–Kier alpha value is -1.10. The molecule has 120 valence electrons. The highest BCUT2D eigenvalue weighted by Crippen LogP contribution is 2.40. The number of amides is 1. The number of aliphatic carboxylic acids is 1. The van der Waals surface area contributed by atoms with Crippen LogP contribution < -0.4 is 5.32 Å². The van der Waals surface area contributed by atoms with E-state index in [2.05, 4.69) is 12.2 Å². The van der Waals surface area contributed by atoms with Gasteiger partial charge in [0, 0.05) is 6.54 Å². The summed E-state index contributed by atoms with van der Waals surface area (Å²) in [5, 5.41) is 12.9. The van der Waals surface area contributed by atoms with Crippen molar-refractivity contribution in [3.63, 3.8) is 0 Å². The summed E-state index contributed by atoms with van der Waals surface area (Å²) in [6, 6.07) is 0. The van der Waals surface area contributed by atoms with Crippen molar-refractivity contribution in [3.8, 4) is 0 Å². The highest BCUT2D eigenvalue weighted by molar-refractivity contribution is 5.90. The van der Waals surface area contributed by atoms with Gasteiger partial charge in [-0.25, -0.2) is 4.79 Å². The number of nitrogens with zero attached hydrogens (tertiary/aromatic N) is 1. The maximum absolute atomic E-state index is 13.2. The maximum atomic E-state index is 13.2.